The zero-order valence-electron chi connectivity index (χ0n) is 13.2. The lowest BCUT2D eigenvalue weighted by Crippen LogP contribution is -2.32. The molecule has 1 aromatic heterocycles. The normalized spacial score (nSPS) is 10.2. The second kappa shape index (κ2) is 7.35. The van der Waals surface area contributed by atoms with Crippen molar-refractivity contribution >= 4 is 11.7 Å². The van der Waals surface area contributed by atoms with Gasteiger partial charge < -0.3 is 4.74 Å². The molecule has 0 aliphatic carbocycles. The highest BCUT2D eigenvalue weighted by atomic mass is 16.6. The minimum absolute atomic E-state index is 0.0532. The molecule has 2 aromatic carbocycles. The number of aromatic nitrogens is 1. The third kappa shape index (κ3) is 4.26. The lowest BCUT2D eigenvalue weighted by molar-refractivity contribution is -0.688. The predicted molar refractivity (Wildman–Crippen MR) is 90.2 cm³/mol. The van der Waals surface area contributed by atoms with Gasteiger partial charge in [-0.25, -0.2) is 9.36 Å². The quantitative estimate of drug-likeness (QED) is 0.236. The zero-order chi connectivity index (χ0) is 17.6. The molecule has 0 atom stereocenters. The molecule has 0 amide bonds. The fraction of sp³-hybridized carbons (Fsp3) is 0.0526. The van der Waals surface area contributed by atoms with E-state index in [2.05, 4.69) is 0 Å². The summed E-state index contributed by atoms with van der Waals surface area (Å²) >= 11 is 0. The highest BCUT2D eigenvalue weighted by molar-refractivity contribution is 5.91. The summed E-state index contributed by atoms with van der Waals surface area (Å²) in [5, 5.41) is 10.6. The van der Waals surface area contributed by atoms with E-state index in [1.807, 2.05) is 47.3 Å². The standard InChI is InChI=1S/C19H15N2O4/c22-19(25-18-10-8-17(9-11-18)21(23)24)16-6-4-15(5-7-16)14-20-12-2-1-3-13-20/h1-13H,14H2/q+1. The predicted octanol–water partition coefficient (Wildman–Crippen LogP) is 3.15. The molecular formula is C19H15N2O4+. The van der Waals surface area contributed by atoms with E-state index < -0.39 is 10.9 Å². The van der Waals surface area contributed by atoms with Crippen molar-refractivity contribution in [1.82, 2.24) is 0 Å². The minimum Gasteiger partial charge on any atom is -0.423 e. The summed E-state index contributed by atoms with van der Waals surface area (Å²) in [4.78, 5) is 22.3. The molecule has 0 unspecified atom stereocenters. The fourth-order valence-corrected chi connectivity index (χ4v) is 2.30. The highest BCUT2D eigenvalue weighted by Gasteiger charge is 2.11. The Kier molecular flexibility index (Phi) is 4.80. The van der Waals surface area contributed by atoms with E-state index in [1.54, 1.807) is 12.1 Å². The molecule has 0 saturated carbocycles. The maximum atomic E-state index is 12.1. The summed E-state index contributed by atoms with van der Waals surface area (Å²) in [6.45, 7) is 0.707. The first-order chi connectivity index (χ1) is 12.1. The summed E-state index contributed by atoms with van der Waals surface area (Å²) in [5.41, 5.74) is 1.42. The number of carbonyl (C=O) groups excluding carboxylic acids is 1. The minimum atomic E-state index is -0.507. The van der Waals surface area contributed by atoms with Crippen molar-refractivity contribution in [2.75, 3.05) is 0 Å². The molecule has 0 radical (unpaired) electrons. The summed E-state index contributed by atoms with van der Waals surface area (Å²) < 4.78 is 7.26. The van der Waals surface area contributed by atoms with E-state index in [-0.39, 0.29) is 11.4 Å². The molecule has 25 heavy (non-hydrogen) atoms. The largest absolute Gasteiger partial charge is 0.423 e. The van der Waals surface area contributed by atoms with E-state index in [4.69, 9.17) is 4.74 Å². The van der Waals surface area contributed by atoms with Crippen LogP contribution in [0.4, 0.5) is 5.69 Å². The van der Waals surface area contributed by atoms with Crippen molar-refractivity contribution in [3.8, 4) is 5.75 Å². The summed E-state index contributed by atoms with van der Waals surface area (Å²) in [5.74, 6) is -0.243. The number of non-ortho nitro benzene ring substituents is 1. The number of hydrogen-bond donors (Lipinski definition) is 0. The van der Waals surface area contributed by atoms with E-state index in [0.717, 1.165) is 5.56 Å². The van der Waals surface area contributed by atoms with Gasteiger partial charge in [-0.1, -0.05) is 18.2 Å². The molecule has 3 rings (SSSR count). The van der Waals surface area contributed by atoms with Crippen LogP contribution in [0.15, 0.2) is 79.1 Å². The average molecular weight is 335 g/mol. The van der Waals surface area contributed by atoms with Crippen LogP contribution in [0.2, 0.25) is 0 Å². The molecule has 0 fully saturated rings. The van der Waals surface area contributed by atoms with Crippen LogP contribution in [-0.4, -0.2) is 10.9 Å². The SMILES string of the molecule is O=C(Oc1ccc([N+](=O)[O-])cc1)c1ccc(C[n+]2ccccc2)cc1. The topological polar surface area (TPSA) is 73.3 Å². The molecule has 6 nitrogen and oxygen atoms in total. The van der Waals surface area contributed by atoms with Crippen LogP contribution in [0.1, 0.15) is 15.9 Å². The third-order valence-electron chi connectivity index (χ3n) is 3.59. The molecule has 124 valence electrons. The van der Waals surface area contributed by atoms with E-state index >= 15 is 0 Å². The Labute approximate surface area is 144 Å². The highest BCUT2D eigenvalue weighted by Crippen LogP contribution is 2.18. The second-order valence-electron chi connectivity index (χ2n) is 5.39. The van der Waals surface area contributed by atoms with Crippen LogP contribution >= 0.6 is 0 Å². The number of pyridine rings is 1. The van der Waals surface area contributed by atoms with Crippen LogP contribution in [-0.2, 0) is 6.54 Å². The number of nitro groups is 1. The Balaban J connectivity index is 1.65. The number of hydrogen-bond acceptors (Lipinski definition) is 4. The molecule has 0 aliphatic rings. The van der Waals surface area contributed by atoms with Gasteiger partial charge in [0.15, 0.2) is 18.9 Å². The molecule has 1 heterocycles. The van der Waals surface area contributed by atoms with Crippen molar-refractivity contribution < 1.29 is 19.0 Å². The molecule has 0 aliphatic heterocycles. The lowest BCUT2D eigenvalue weighted by Gasteiger charge is -2.05. The van der Waals surface area contributed by atoms with Gasteiger partial charge in [-0.3, -0.25) is 10.1 Å². The van der Waals surface area contributed by atoms with Gasteiger partial charge in [-0.05, 0) is 24.3 Å². The molecule has 0 spiro atoms. The summed E-state index contributed by atoms with van der Waals surface area (Å²) in [6.07, 6.45) is 3.94. The van der Waals surface area contributed by atoms with Gasteiger partial charge in [0.1, 0.15) is 5.75 Å². The number of benzene rings is 2. The average Bonchev–Trinajstić information content (AvgIpc) is 2.63. The maximum Gasteiger partial charge on any atom is 0.343 e. The first-order valence-electron chi connectivity index (χ1n) is 7.61. The lowest BCUT2D eigenvalue weighted by atomic mass is 10.1. The fourth-order valence-electron chi connectivity index (χ4n) is 2.30. The van der Waals surface area contributed by atoms with Gasteiger partial charge >= 0.3 is 5.97 Å². The molecule has 0 saturated heterocycles. The van der Waals surface area contributed by atoms with Crippen LogP contribution < -0.4 is 9.30 Å². The van der Waals surface area contributed by atoms with Gasteiger partial charge in [0.05, 0.1) is 10.5 Å². The number of esters is 1. The van der Waals surface area contributed by atoms with Crippen LogP contribution in [0.5, 0.6) is 5.75 Å². The van der Waals surface area contributed by atoms with Crippen molar-refractivity contribution in [2.45, 2.75) is 6.54 Å². The number of carbonyl (C=O) groups is 1. The number of rotatable bonds is 5. The number of nitro benzene ring substituents is 1. The van der Waals surface area contributed by atoms with Crippen molar-refractivity contribution in [2.24, 2.45) is 0 Å². The first kappa shape index (κ1) is 16.3. The van der Waals surface area contributed by atoms with Crippen molar-refractivity contribution in [3.05, 3.63) is 100 Å². The molecule has 0 N–H and O–H groups in total. The van der Waals surface area contributed by atoms with Crippen molar-refractivity contribution in [1.29, 1.82) is 0 Å². The second-order valence-corrected chi connectivity index (χ2v) is 5.39. The Hall–Kier alpha value is -3.54. The molecule has 0 bridgehead atoms. The third-order valence-corrected chi connectivity index (χ3v) is 3.59. The van der Waals surface area contributed by atoms with Crippen molar-refractivity contribution in [3.63, 3.8) is 0 Å². The zero-order valence-corrected chi connectivity index (χ0v) is 13.2. The summed E-state index contributed by atoms with van der Waals surface area (Å²) in [6, 6.07) is 18.4. The number of ether oxygens (including phenoxy) is 1. The van der Waals surface area contributed by atoms with E-state index in [0.29, 0.717) is 12.1 Å². The molecule has 6 heteroatoms. The molecular weight excluding hydrogens is 320 g/mol. The molecule has 3 aromatic rings. The van der Waals surface area contributed by atoms with E-state index in [1.165, 1.54) is 24.3 Å². The Morgan fingerprint density at radius 3 is 2.20 bits per heavy atom. The van der Waals surface area contributed by atoms with Gasteiger partial charge in [0, 0.05) is 29.8 Å². The maximum absolute atomic E-state index is 12.1. The summed E-state index contributed by atoms with van der Waals surface area (Å²) in [7, 11) is 0. The van der Waals surface area contributed by atoms with E-state index in [9.17, 15) is 14.9 Å². The van der Waals surface area contributed by atoms with Gasteiger partial charge in [0.2, 0.25) is 0 Å². The monoisotopic (exact) mass is 335 g/mol. The van der Waals surface area contributed by atoms with Gasteiger partial charge in [0.25, 0.3) is 5.69 Å². The van der Waals surface area contributed by atoms with Crippen LogP contribution in [0, 0.1) is 10.1 Å². The number of nitrogens with zero attached hydrogens (tertiary/aromatic N) is 2. The Morgan fingerprint density at radius 2 is 1.60 bits per heavy atom. The van der Waals surface area contributed by atoms with Gasteiger partial charge in [-0.2, -0.15) is 0 Å². The van der Waals surface area contributed by atoms with Crippen LogP contribution in [0.25, 0.3) is 0 Å². The Bertz CT molecular complexity index is 876. The Morgan fingerprint density at radius 1 is 0.960 bits per heavy atom. The first-order valence-corrected chi connectivity index (χ1v) is 7.61. The smallest absolute Gasteiger partial charge is 0.343 e. The van der Waals surface area contributed by atoms with Gasteiger partial charge in [-0.15, -0.1) is 0 Å². The van der Waals surface area contributed by atoms with Crippen LogP contribution in [0.3, 0.4) is 0 Å².